The zero-order chi connectivity index (χ0) is 13.9. The molecule has 0 spiro atoms. The molecule has 0 radical (unpaired) electrons. The molecule has 1 N–H and O–H groups in total. The lowest BCUT2D eigenvalue weighted by Gasteiger charge is -2.36. The molecule has 5 nitrogen and oxygen atoms in total. The number of carbonyl (C=O) groups is 1. The van der Waals surface area contributed by atoms with Crippen molar-refractivity contribution >= 4 is 11.6 Å². The van der Waals surface area contributed by atoms with Crippen molar-refractivity contribution in [1.82, 2.24) is 14.9 Å². The van der Waals surface area contributed by atoms with E-state index in [-0.39, 0.29) is 11.7 Å². The molecular formula is C14H15FN4O. The number of halogens is 1. The maximum absolute atomic E-state index is 13.7. The quantitative estimate of drug-likeness (QED) is 0.903. The maximum atomic E-state index is 13.7. The number of amides is 1. The molecular weight excluding hydrogens is 259 g/mol. The lowest BCUT2D eigenvalue weighted by Crippen LogP contribution is -2.49. The zero-order valence-corrected chi connectivity index (χ0v) is 10.9. The first-order chi connectivity index (χ1) is 9.75. The summed E-state index contributed by atoms with van der Waals surface area (Å²) in [5.41, 5.74) is 1.09. The Labute approximate surface area is 116 Å². The summed E-state index contributed by atoms with van der Waals surface area (Å²) in [6.45, 7) is 2.40. The predicted octanol–water partition coefficient (Wildman–Crippen LogP) is 1.51. The van der Waals surface area contributed by atoms with Gasteiger partial charge in [0.15, 0.2) is 0 Å². The van der Waals surface area contributed by atoms with Gasteiger partial charge in [-0.2, -0.15) is 0 Å². The molecule has 3 rings (SSSR count). The Balaban J connectivity index is 1.65. The van der Waals surface area contributed by atoms with Crippen LogP contribution in [-0.4, -0.2) is 47.0 Å². The number of aromatic amines is 1. The average Bonchev–Trinajstić information content (AvgIpc) is 3.01. The molecule has 1 fully saturated rings. The van der Waals surface area contributed by atoms with Crippen LogP contribution in [0.4, 0.5) is 10.1 Å². The molecule has 20 heavy (non-hydrogen) atoms. The molecule has 0 saturated carbocycles. The second-order valence-electron chi connectivity index (χ2n) is 4.70. The molecule has 1 aromatic heterocycles. The number of imidazole rings is 1. The fourth-order valence-corrected chi connectivity index (χ4v) is 2.40. The van der Waals surface area contributed by atoms with Gasteiger partial charge in [0.25, 0.3) is 5.91 Å². The van der Waals surface area contributed by atoms with Gasteiger partial charge in [0, 0.05) is 26.2 Å². The van der Waals surface area contributed by atoms with E-state index < -0.39 is 0 Å². The van der Waals surface area contributed by atoms with Crippen LogP contribution in [0.15, 0.2) is 36.8 Å². The smallest absolute Gasteiger partial charge is 0.272 e. The molecule has 1 aliphatic rings. The lowest BCUT2D eigenvalue weighted by molar-refractivity contribution is 0.0741. The standard InChI is InChI=1S/C14H15FN4O/c15-11-3-1-2-4-13(11)18-5-7-19(8-6-18)14(20)12-9-16-10-17-12/h1-4,9-10H,5-8H2,(H,16,17). The van der Waals surface area contributed by atoms with Crippen molar-refractivity contribution < 1.29 is 9.18 Å². The minimum atomic E-state index is -0.221. The molecule has 2 heterocycles. The number of anilines is 1. The Morgan fingerprint density at radius 3 is 2.60 bits per heavy atom. The normalized spacial score (nSPS) is 15.4. The molecule has 1 amide bonds. The number of aromatic nitrogens is 2. The minimum absolute atomic E-state index is 0.0596. The molecule has 1 aliphatic heterocycles. The highest BCUT2D eigenvalue weighted by Gasteiger charge is 2.23. The van der Waals surface area contributed by atoms with Crippen LogP contribution in [0.3, 0.4) is 0 Å². The number of piperazine rings is 1. The van der Waals surface area contributed by atoms with E-state index in [2.05, 4.69) is 9.97 Å². The highest BCUT2D eigenvalue weighted by Crippen LogP contribution is 2.20. The Kier molecular flexibility index (Phi) is 3.37. The van der Waals surface area contributed by atoms with E-state index in [9.17, 15) is 9.18 Å². The van der Waals surface area contributed by atoms with Gasteiger partial charge in [0.2, 0.25) is 0 Å². The van der Waals surface area contributed by atoms with Gasteiger partial charge in [-0.25, -0.2) is 9.37 Å². The number of hydrogen-bond acceptors (Lipinski definition) is 3. The molecule has 1 saturated heterocycles. The first-order valence-corrected chi connectivity index (χ1v) is 6.53. The molecule has 0 bridgehead atoms. The van der Waals surface area contributed by atoms with Gasteiger partial charge >= 0.3 is 0 Å². The number of hydrogen-bond donors (Lipinski definition) is 1. The predicted molar refractivity (Wildman–Crippen MR) is 73.1 cm³/mol. The monoisotopic (exact) mass is 274 g/mol. The first kappa shape index (κ1) is 12.7. The fourth-order valence-electron chi connectivity index (χ4n) is 2.40. The van der Waals surface area contributed by atoms with Crippen molar-refractivity contribution in [2.24, 2.45) is 0 Å². The van der Waals surface area contributed by atoms with Gasteiger partial charge in [0.05, 0.1) is 18.2 Å². The topological polar surface area (TPSA) is 52.2 Å². The highest BCUT2D eigenvalue weighted by atomic mass is 19.1. The number of rotatable bonds is 2. The number of H-pyrrole nitrogens is 1. The Morgan fingerprint density at radius 2 is 1.95 bits per heavy atom. The summed E-state index contributed by atoms with van der Waals surface area (Å²) >= 11 is 0. The summed E-state index contributed by atoms with van der Waals surface area (Å²) in [4.78, 5) is 22.5. The van der Waals surface area contributed by atoms with Crippen LogP contribution in [0.5, 0.6) is 0 Å². The van der Waals surface area contributed by atoms with Crippen LogP contribution >= 0.6 is 0 Å². The van der Waals surface area contributed by atoms with Gasteiger partial charge in [-0.15, -0.1) is 0 Å². The SMILES string of the molecule is O=C(c1cnc[nH]1)N1CCN(c2ccccc2F)CC1. The number of nitrogens with zero attached hydrogens (tertiary/aromatic N) is 3. The van der Waals surface area contributed by atoms with E-state index in [0.717, 1.165) is 0 Å². The van der Waals surface area contributed by atoms with Crippen LogP contribution in [0.2, 0.25) is 0 Å². The fraction of sp³-hybridized carbons (Fsp3) is 0.286. The summed E-state index contributed by atoms with van der Waals surface area (Å²) in [6, 6.07) is 6.72. The molecule has 0 aliphatic carbocycles. The van der Waals surface area contributed by atoms with E-state index in [1.165, 1.54) is 18.6 Å². The van der Waals surface area contributed by atoms with Gasteiger partial charge in [-0.3, -0.25) is 4.79 Å². The molecule has 0 unspecified atom stereocenters. The molecule has 6 heteroatoms. The zero-order valence-electron chi connectivity index (χ0n) is 10.9. The number of benzene rings is 1. The van der Waals surface area contributed by atoms with E-state index in [4.69, 9.17) is 0 Å². The molecule has 0 atom stereocenters. The molecule has 104 valence electrons. The summed E-state index contributed by atoms with van der Waals surface area (Å²) in [5.74, 6) is -0.281. The van der Waals surface area contributed by atoms with Crippen molar-refractivity contribution in [1.29, 1.82) is 0 Å². The Hall–Kier alpha value is -2.37. The van der Waals surface area contributed by atoms with Crippen molar-refractivity contribution in [2.75, 3.05) is 31.1 Å². The van der Waals surface area contributed by atoms with Crippen molar-refractivity contribution in [3.63, 3.8) is 0 Å². The number of para-hydroxylation sites is 1. The number of nitrogens with one attached hydrogen (secondary N) is 1. The third-order valence-electron chi connectivity index (χ3n) is 3.49. The highest BCUT2D eigenvalue weighted by molar-refractivity contribution is 5.92. The third kappa shape index (κ3) is 2.36. The van der Waals surface area contributed by atoms with Crippen molar-refractivity contribution in [3.8, 4) is 0 Å². The molecule has 1 aromatic carbocycles. The Morgan fingerprint density at radius 1 is 1.20 bits per heavy atom. The summed E-state index contributed by atoms with van der Waals surface area (Å²) < 4.78 is 13.7. The minimum Gasteiger partial charge on any atom is -0.366 e. The van der Waals surface area contributed by atoms with Crippen LogP contribution in [0.25, 0.3) is 0 Å². The largest absolute Gasteiger partial charge is 0.366 e. The van der Waals surface area contributed by atoms with Crippen LogP contribution < -0.4 is 4.90 Å². The summed E-state index contributed by atoms with van der Waals surface area (Å²) in [7, 11) is 0. The molecule has 2 aromatic rings. The lowest BCUT2D eigenvalue weighted by atomic mass is 10.2. The second-order valence-corrected chi connectivity index (χ2v) is 4.70. The van der Waals surface area contributed by atoms with Crippen LogP contribution in [0.1, 0.15) is 10.5 Å². The Bertz CT molecular complexity index is 591. The van der Waals surface area contributed by atoms with E-state index in [1.807, 2.05) is 11.0 Å². The van der Waals surface area contributed by atoms with E-state index >= 15 is 0 Å². The van der Waals surface area contributed by atoms with Gasteiger partial charge in [-0.1, -0.05) is 12.1 Å². The van der Waals surface area contributed by atoms with Gasteiger partial charge in [-0.05, 0) is 12.1 Å². The van der Waals surface area contributed by atoms with Gasteiger partial charge < -0.3 is 14.8 Å². The van der Waals surface area contributed by atoms with E-state index in [0.29, 0.717) is 37.6 Å². The second kappa shape index (κ2) is 5.32. The average molecular weight is 274 g/mol. The van der Waals surface area contributed by atoms with Crippen LogP contribution in [0, 0.1) is 5.82 Å². The van der Waals surface area contributed by atoms with E-state index in [1.54, 1.807) is 17.0 Å². The maximum Gasteiger partial charge on any atom is 0.272 e. The van der Waals surface area contributed by atoms with Gasteiger partial charge in [0.1, 0.15) is 11.5 Å². The van der Waals surface area contributed by atoms with Crippen molar-refractivity contribution in [3.05, 3.63) is 48.3 Å². The third-order valence-corrected chi connectivity index (χ3v) is 3.49. The first-order valence-electron chi connectivity index (χ1n) is 6.53. The van der Waals surface area contributed by atoms with Crippen molar-refractivity contribution in [2.45, 2.75) is 0 Å². The summed E-state index contributed by atoms with van der Waals surface area (Å²) in [5, 5.41) is 0. The number of carbonyl (C=O) groups excluding carboxylic acids is 1. The summed E-state index contributed by atoms with van der Waals surface area (Å²) in [6.07, 6.45) is 3.01. The van der Waals surface area contributed by atoms with Crippen LogP contribution in [-0.2, 0) is 0 Å².